The fraction of sp³-hybridized carbons (Fsp3) is 0.333. The molecule has 1 unspecified atom stereocenters. The van der Waals surface area contributed by atoms with E-state index in [1.807, 2.05) is 0 Å². The molecule has 0 radical (unpaired) electrons. The minimum absolute atomic E-state index is 0.0540. The maximum Gasteiger partial charge on any atom is 0.453 e. The molecule has 6 rings (SSSR count). The first-order chi connectivity index (χ1) is 18.8. The molecular weight excluding hydrogens is 551 g/mol. The van der Waals surface area contributed by atoms with Crippen molar-refractivity contribution >= 4 is 17.4 Å². The highest BCUT2D eigenvalue weighted by molar-refractivity contribution is 6.09. The molecule has 1 aliphatic carbocycles. The van der Waals surface area contributed by atoms with Gasteiger partial charge in [-0.15, -0.1) is 0 Å². The molecule has 4 aromatic rings. The molecule has 1 aliphatic heterocycles. The minimum atomic E-state index is -5.76. The summed E-state index contributed by atoms with van der Waals surface area (Å²) in [4.78, 5) is 29.6. The van der Waals surface area contributed by atoms with Crippen LogP contribution in [0.3, 0.4) is 0 Å². The van der Waals surface area contributed by atoms with E-state index in [0.29, 0.717) is 12.8 Å². The Morgan fingerprint density at radius 1 is 1.07 bits per heavy atom. The molecule has 2 aliphatic rings. The Morgan fingerprint density at radius 3 is 2.50 bits per heavy atom. The number of halogens is 7. The summed E-state index contributed by atoms with van der Waals surface area (Å²) >= 11 is 0. The Bertz CT molecular complexity index is 1690. The van der Waals surface area contributed by atoms with Gasteiger partial charge in [0.05, 0.1) is 17.5 Å². The lowest BCUT2D eigenvalue weighted by Gasteiger charge is -2.28. The minimum Gasteiger partial charge on any atom is -0.493 e. The van der Waals surface area contributed by atoms with E-state index in [0.717, 1.165) is 23.0 Å². The number of aromatic hydroxyl groups is 1. The summed E-state index contributed by atoms with van der Waals surface area (Å²) in [5.74, 6) is -9.45. The van der Waals surface area contributed by atoms with Crippen LogP contribution in [0, 0.1) is 17.6 Å². The molecule has 3 aromatic heterocycles. The molecule has 1 amide bonds. The van der Waals surface area contributed by atoms with E-state index in [2.05, 4.69) is 30.4 Å². The topological polar surface area (TPSA) is 118 Å². The molecule has 1 saturated carbocycles. The zero-order valence-electron chi connectivity index (χ0n) is 20.0. The first-order valence-corrected chi connectivity index (χ1v) is 11.9. The zero-order valence-corrected chi connectivity index (χ0v) is 20.0. The molecule has 4 heterocycles. The van der Waals surface area contributed by atoms with Gasteiger partial charge in [0.2, 0.25) is 11.8 Å². The van der Waals surface area contributed by atoms with E-state index in [9.17, 15) is 40.6 Å². The molecule has 16 heteroatoms. The number of carbonyl (C=O) groups excluding carboxylic acids is 1. The Morgan fingerprint density at radius 2 is 1.82 bits per heavy atom. The van der Waals surface area contributed by atoms with Gasteiger partial charge in [0.15, 0.2) is 23.1 Å². The maximum atomic E-state index is 14.2. The fourth-order valence-corrected chi connectivity index (χ4v) is 5.08. The fourth-order valence-electron chi connectivity index (χ4n) is 5.08. The number of benzene rings is 1. The van der Waals surface area contributed by atoms with Crippen molar-refractivity contribution in [3.63, 3.8) is 0 Å². The zero-order chi connectivity index (χ0) is 28.6. The number of aromatic nitrogens is 6. The summed E-state index contributed by atoms with van der Waals surface area (Å²) in [6.07, 6.45) is -4.86. The van der Waals surface area contributed by atoms with Crippen molar-refractivity contribution in [3.8, 4) is 17.4 Å². The number of nitrogens with zero attached hydrogens (tertiary/aromatic N) is 6. The van der Waals surface area contributed by atoms with Crippen molar-refractivity contribution in [1.29, 1.82) is 0 Å². The third-order valence-electron chi connectivity index (χ3n) is 7.09. The number of hydrogen-bond acceptors (Lipinski definition) is 7. The number of fused-ring (bicyclic) bond motifs is 2. The van der Waals surface area contributed by atoms with E-state index in [-0.39, 0.29) is 45.7 Å². The normalized spacial score (nSPS) is 19.2. The van der Waals surface area contributed by atoms with E-state index in [4.69, 9.17) is 0 Å². The molecule has 0 spiro atoms. The number of nitrogens with one attached hydrogen (secondary N) is 1. The Labute approximate surface area is 219 Å². The summed E-state index contributed by atoms with van der Waals surface area (Å²) in [6.45, 7) is 0. The quantitative estimate of drug-likeness (QED) is 0.333. The molecule has 1 atom stereocenters. The molecule has 9 nitrogen and oxygen atoms in total. The summed E-state index contributed by atoms with van der Waals surface area (Å²) in [6, 6.07) is 2.98. The van der Waals surface area contributed by atoms with Crippen LogP contribution in [0.2, 0.25) is 0 Å². The smallest absolute Gasteiger partial charge is 0.453 e. The third kappa shape index (κ3) is 3.83. The van der Waals surface area contributed by atoms with E-state index in [1.165, 1.54) is 12.3 Å². The van der Waals surface area contributed by atoms with E-state index >= 15 is 0 Å². The van der Waals surface area contributed by atoms with Crippen LogP contribution >= 0.6 is 0 Å². The Kier molecular flexibility index (Phi) is 5.54. The molecule has 2 N–H and O–H groups in total. The van der Waals surface area contributed by atoms with Gasteiger partial charge in [-0.2, -0.15) is 32.0 Å². The van der Waals surface area contributed by atoms with Gasteiger partial charge in [0.25, 0.3) is 0 Å². The van der Waals surface area contributed by atoms with Crippen molar-refractivity contribution in [2.75, 3.05) is 5.32 Å². The first-order valence-electron chi connectivity index (χ1n) is 11.9. The van der Waals surface area contributed by atoms with Gasteiger partial charge in [-0.3, -0.25) is 4.79 Å². The number of hydrogen-bond donors (Lipinski definition) is 2. The molecule has 0 bridgehead atoms. The summed E-state index contributed by atoms with van der Waals surface area (Å²) in [5, 5.41) is 17.5. The number of amides is 1. The SMILES string of the molecule is O=C1Nc2nc(-c3cn4ncnc4c(CCC(F)(F)C(F)(F)F)n3)nc(O)c2C1(c1ccc(F)c(F)c1)C1CC1. The van der Waals surface area contributed by atoms with Gasteiger partial charge >= 0.3 is 12.1 Å². The predicted molar refractivity (Wildman–Crippen MR) is 121 cm³/mol. The molecule has 0 saturated heterocycles. The number of rotatable bonds is 6. The van der Waals surface area contributed by atoms with Gasteiger partial charge in [0, 0.05) is 6.42 Å². The van der Waals surface area contributed by atoms with Gasteiger partial charge in [-0.1, -0.05) is 6.07 Å². The van der Waals surface area contributed by atoms with Crippen LogP contribution in [0.25, 0.3) is 17.2 Å². The molecule has 1 aromatic carbocycles. The average molecular weight is 567 g/mol. The second-order valence-electron chi connectivity index (χ2n) is 9.56. The lowest BCUT2D eigenvalue weighted by atomic mass is 9.72. The van der Waals surface area contributed by atoms with Crippen molar-refractivity contribution in [3.05, 3.63) is 59.2 Å². The largest absolute Gasteiger partial charge is 0.493 e. The van der Waals surface area contributed by atoms with Crippen molar-refractivity contribution in [2.24, 2.45) is 5.92 Å². The van der Waals surface area contributed by atoms with Crippen LogP contribution in [0.4, 0.5) is 36.6 Å². The average Bonchev–Trinajstić information content (AvgIpc) is 3.53. The van der Waals surface area contributed by atoms with E-state index < -0.39 is 53.8 Å². The van der Waals surface area contributed by atoms with Gasteiger partial charge in [-0.25, -0.2) is 28.2 Å². The van der Waals surface area contributed by atoms with Crippen LogP contribution in [0.15, 0.2) is 30.7 Å². The van der Waals surface area contributed by atoms with Crippen molar-refractivity contribution in [2.45, 2.75) is 43.2 Å². The summed E-state index contributed by atoms with van der Waals surface area (Å²) in [5.41, 5.74) is -2.09. The number of alkyl halides is 5. The van der Waals surface area contributed by atoms with Crippen LogP contribution in [0.1, 0.15) is 36.1 Å². The summed E-state index contributed by atoms with van der Waals surface area (Å²) < 4.78 is 94.2. The van der Waals surface area contributed by atoms with Crippen LogP contribution in [-0.2, 0) is 16.6 Å². The van der Waals surface area contributed by atoms with Crippen molar-refractivity contribution in [1.82, 2.24) is 29.5 Å². The highest BCUT2D eigenvalue weighted by Gasteiger charge is 2.60. The molecular formula is C24H16F7N7O2. The molecule has 40 heavy (non-hydrogen) atoms. The van der Waals surface area contributed by atoms with Gasteiger partial charge in [-0.05, 0) is 42.9 Å². The number of anilines is 1. The first kappa shape index (κ1) is 25.9. The lowest BCUT2D eigenvalue weighted by Crippen LogP contribution is -2.38. The van der Waals surface area contributed by atoms with Crippen molar-refractivity contribution < 1.29 is 40.6 Å². The lowest BCUT2D eigenvalue weighted by molar-refractivity contribution is -0.284. The summed E-state index contributed by atoms with van der Waals surface area (Å²) in [7, 11) is 0. The maximum absolute atomic E-state index is 14.2. The number of carbonyl (C=O) groups is 1. The van der Waals surface area contributed by atoms with Gasteiger partial charge in [0.1, 0.15) is 23.3 Å². The second kappa shape index (κ2) is 8.56. The monoisotopic (exact) mass is 567 g/mol. The van der Waals surface area contributed by atoms with Crippen LogP contribution in [0.5, 0.6) is 5.88 Å². The standard InChI is InChI=1S/C24H16F7N7O2/c25-12-4-3-11(7-13(12)26)23(10-1-2-10)16-18(37-21(23)40)35-17(36-20(16)39)15-8-38-19(32-9-33-38)14(34-15)5-6-22(27,28)24(29,30)31/h3-4,7-10H,1-2,5-6H2,(H2,35,36,37,39,40). The highest BCUT2D eigenvalue weighted by atomic mass is 19.4. The number of aryl methyl sites for hydroxylation is 1. The second-order valence-corrected chi connectivity index (χ2v) is 9.56. The Balaban J connectivity index is 1.44. The Hall–Kier alpha value is -4.37. The van der Waals surface area contributed by atoms with Crippen LogP contribution < -0.4 is 5.32 Å². The van der Waals surface area contributed by atoms with Crippen LogP contribution in [-0.4, -0.2) is 52.7 Å². The molecule has 1 fully saturated rings. The van der Waals surface area contributed by atoms with E-state index in [1.54, 1.807) is 0 Å². The molecule has 208 valence electrons. The highest BCUT2D eigenvalue weighted by Crippen LogP contribution is 2.58. The van der Waals surface area contributed by atoms with Gasteiger partial charge < -0.3 is 10.4 Å². The predicted octanol–water partition coefficient (Wildman–Crippen LogP) is 4.34. The third-order valence-corrected chi connectivity index (χ3v) is 7.09.